The molecule has 0 aliphatic carbocycles. The summed E-state index contributed by atoms with van der Waals surface area (Å²) in [7, 11) is 0. The van der Waals surface area contributed by atoms with Crippen LogP contribution < -0.4 is 15.6 Å². The summed E-state index contributed by atoms with van der Waals surface area (Å²) in [6, 6.07) is 13.4. The summed E-state index contributed by atoms with van der Waals surface area (Å²) in [5.41, 5.74) is 0.725. The molecule has 0 bridgehead atoms. The predicted octanol–water partition coefficient (Wildman–Crippen LogP) is 2.67. The number of pyridine rings is 1. The summed E-state index contributed by atoms with van der Waals surface area (Å²) in [4.78, 5) is 33.0. The Bertz CT molecular complexity index is 1270. The van der Waals surface area contributed by atoms with Gasteiger partial charge in [0, 0.05) is 18.1 Å². The zero-order chi connectivity index (χ0) is 20.9. The van der Waals surface area contributed by atoms with Gasteiger partial charge in [-0.3, -0.25) is 19.1 Å². The number of amides is 1. The first-order valence-corrected chi connectivity index (χ1v) is 9.50. The quantitative estimate of drug-likeness (QED) is 0.477. The fourth-order valence-corrected chi connectivity index (χ4v) is 3.13. The molecule has 0 aliphatic rings. The lowest BCUT2D eigenvalue weighted by atomic mass is 10.2. The van der Waals surface area contributed by atoms with E-state index in [-0.39, 0.29) is 17.8 Å². The van der Waals surface area contributed by atoms with Crippen LogP contribution in [0.3, 0.4) is 0 Å². The molecule has 0 saturated heterocycles. The number of fused-ring (bicyclic) bond motifs is 2. The number of hydrogen-bond donors (Lipinski definition) is 1. The molecule has 0 unspecified atom stereocenters. The molecule has 0 aliphatic heterocycles. The zero-order valence-electron chi connectivity index (χ0n) is 16.0. The number of ether oxygens (including phenoxy) is 1. The van der Waals surface area contributed by atoms with Crippen LogP contribution >= 0.6 is 0 Å². The molecule has 4 rings (SSSR count). The minimum Gasteiger partial charge on any atom is -0.491 e. The Labute approximate surface area is 171 Å². The van der Waals surface area contributed by atoms with Crippen LogP contribution in [-0.2, 0) is 11.3 Å². The number of benzene rings is 2. The van der Waals surface area contributed by atoms with Gasteiger partial charge in [0.15, 0.2) is 0 Å². The Morgan fingerprint density at radius 2 is 2.00 bits per heavy atom. The van der Waals surface area contributed by atoms with Crippen molar-refractivity contribution in [2.75, 3.05) is 13.2 Å². The molecule has 8 heteroatoms. The average molecular weight is 406 g/mol. The summed E-state index contributed by atoms with van der Waals surface area (Å²) in [6.07, 6.45) is 3.59. The minimum absolute atomic E-state index is 0.141. The van der Waals surface area contributed by atoms with E-state index in [9.17, 15) is 14.0 Å². The van der Waals surface area contributed by atoms with E-state index in [2.05, 4.69) is 15.3 Å². The largest absolute Gasteiger partial charge is 0.491 e. The Balaban J connectivity index is 1.29. The monoisotopic (exact) mass is 406 g/mol. The maximum Gasteiger partial charge on any atom is 0.261 e. The lowest BCUT2D eigenvalue weighted by Crippen LogP contribution is -2.33. The number of nitrogens with one attached hydrogen (secondary N) is 1. The van der Waals surface area contributed by atoms with Gasteiger partial charge in [-0.15, -0.1) is 0 Å². The highest BCUT2D eigenvalue weighted by Crippen LogP contribution is 2.22. The Kier molecular flexibility index (Phi) is 5.65. The molecule has 0 spiro atoms. The fraction of sp³-hybridized carbons (Fsp3) is 0.182. The second-order valence-electron chi connectivity index (χ2n) is 6.72. The molecular weight excluding hydrogens is 387 g/mol. The number of nitrogens with zero attached hydrogens (tertiary/aromatic N) is 3. The van der Waals surface area contributed by atoms with Crippen LogP contribution in [0.25, 0.3) is 21.8 Å². The first-order chi connectivity index (χ1) is 14.6. The summed E-state index contributed by atoms with van der Waals surface area (Å²) in [5, 5.41) is 3.88. The van der Waals surface area contributed by atoms with Gasteiger partial charge in [0.1, 0.15) is 23.6 Å². The van der Waals surface area contributed by atoms with Crippen LogP contribution in [0.2, 0.25) is 0 Å². The molecule has 2 aromatic heterocycles. The van der Waals surface area contributed by atoms with Gasteiger partial charge in [-0.2, -0.15) is 0 Å². The predicted molar refractivity (Wildman–Crippen MR) is 111 cm³/mol. The van der Waals surface area contributed by atoms with Crippen molar-refractivity contribution in [2.45, 2.75) is 13.0 Å². The summed E-state index contributed by atoms with van der Waals surface area (Å²) >= 11 is 0. The van der Waals surface area contributed by atoms with Gasteiger partial charge in [-0.25, -0.2) is 9.37 Å². The van der Waals surface area contributed by atoms with Crippen molar-refractivity contribution in [2.24, 2.45) is 0 Å². The second-order valence-corrected chi connectivity index (χ2v) is 6.72. The van der Waals surface area contributed by atoms with E-state index in [0.717, 1.165) is 21.5 Å². The van der Waals surface area contributed by atoms with Crippen molar-refractivity contribution in [3.63, 3.8) is 0 Å². The lowest BCUT2D eigenvalue weighted by molar-refractivity contribution is -0.121. The molecular formula is C22H19FN4O3. The smallest absolute Gasteiger partial charge is 0.261 e. The zero-order valence-corrected chi connectivity index (χ0v) is 16.0. The molecule has 0 radical (unpaired) electrons. The van der Waals surface area contributed by atoms with Crippen molar-refractivity contribution in [3.8, 4) is 5.75 Å². The van der Waals surface area contributed by atoms with Gasteiger partial charge < -0.3 is 10.1 Å². The molecule has 1 amide bonds. The van der Waals surface area contributed by atoms with Gasteiger partial charge in [-0.05, 0) is 36.8 Å². The van der Waals surface area contributed by atoms with Crippen molar-refractivity contribution in [1.82, 2.24) is 19.9 Å². The van der Waals surface area contributed by atoms with Crippen LogP contribution in [0.5, 0.6) is 5.75 Å². The third kappa shape index (κ3) is 4.27. The van der Waals surface area contributed by atoms with Gasteiger partial charge in [-0.1, -0.05) is 18.2 Å². The molecule has 4 aromatic rings. The van der Waals surface area contributed by atoms with Crippen molar-refractivity contribution < 1.29 is 13.9 Å². The number of carbonyl (C=O) groups is 1. The van der Waals surface area contributed by atoms with E-state index in [4.69, 9.17) is 4.74 Å². The molecule has 152 valence electrons. The molecule has 7 nitrogen and oxygen atoms in total. The van der Waals surface area contributed by atoms with E-state index in [1.165, 1.54) is 18.5 Å². The van der Waals surface area contributed by atoms with Crippen molar-refractivity contribution >= 4 is 27.7 Å². The lowest BCUT2D eigenvalue weighted by Gasteiger charge is -2.10. The average Bonchev–Trinajstić information content (AvgIpc) is 2.76. The standard InChI is InChI=1S/C22H19FN4O3/c23-16-7-8-18-17(12-16)22(29)27(14-26-18)13-20(28)24-10-3-11-30-19-6-1-4-15-5-2-9-25-21(15)19/h1-2,4-9,12,14H,3,10-11,13H2,(H,24,28). The summed E-state index contributed by atoms with van der Waals surface area (Å²) in [5.74, 6) is -0.160. The molecule has 30 heavy (non-hydrogen) atoms. The van der Waals surface area contributed by atoms with E-state index in [0.29, 0.717) is 30.8 Å². The number of rotatable bonds is 7. The van der Waals surface area contributed by atoms with Gasteiger partial charge >= 0.3 is 0 Å². The topological polar surface area (TPSA) is 86.1 Å². The third-order valence-electron chi connectivity index (χ3n) is 4.60. The van der Waals surface area contributed by atoms with Crippen LogP contribution in [0, 0.1) is 5.82 Å². The van der Waals surface area contributed by atoms with Crippen molar-refractivity contribution in [1.29, 1.82) is 0 Å². The Morgan fingerprint density at radius 1 is 1.13 bits per heavy atom. The summed E-state index contributed by atoms with van der Waals surface area (Å²) < 4.78 is 20.3. The normalized spacial score (nSPS) is 11.0. The SMILES string of the molecule is O=C(Cn1cnc2ccc(F)cc2c1=O)NCCCOc1cccc2cccnc12. The maximum absolute atomic E-state index is 13.4. The number of para-hydroxylation sites is 1. The highest BCUT2D eigenvalue weighted by atomic mass is 19.1. The van der Waals surface area contributed by atoms with Crippen LogP contribution in [-0.4, -0.2) is 33.6 Å². The maximum atomic E-state index is 13.4. The third-order valence-corrected chi connectivity index (χ3v) is 4.60. The van der Waals surface area contributed by atoms with Gasteiger partial charge in [0.25, 0.3) is 5.56 Å². The molecule has 0 fully saturated rings. The first-order valence-electron chi connectivity index (χ1n) is 9.50. The van der Waals surface area contributed by atoms with Crippen LogP contribution in [0.4, 0.5) is 4.39 Å². The van der Waals surface area contributed by atoms with Crippen molar-refractivity contribution in [3.05, 3.63) is 77.2 Å². The highest BCUT2D eigenvalue weighted by molar-refractivity contribution is 5.84. The number of halogens is 1. The van der Waals surface area contributed by atoms with E-state index < -0.39 is 11.4 Å². The van der Waals surface area contributed by atoms with E-state index in [1.54, 1.807) is 6.20 Å². The first kappa shape index (κ1) is 19.5. The number of hydrogen-bond acceptors (Lipinski definition) is 5. The molecule has 0 atom stereocenters. The minimum atomic E-state index is -0.523. The van der Waals surface area contributed by atoms with Crippen LogP contribution in [0.15, 0.2) is 65.8 Å². The second kappa shape index (κ2) is 8.69. The van der Waals surface area contributed by atoms with Crippen LogP contribution in [0.1, 0.15) is 6.42 Å². The van der Waals surface area contributed by atoms with E-state index >= 15 is 0 Å². The summed E-state index contributed by atoms with van der Waals surface area (Å²) in [6.45, 7) is 0.612. The molecule has 2 heterocycles. The number of aromatic nitrogens is 3. The number of carbonyl (C=O) groups excluding carboxylic acids is 1. The molecule has 1 N–H and O–H groups in total. The van der Waals surface area contributed by atoms with Gasteiger partial charge in [0.2, 0.25) is 5.91 Å². The fourth-order valence-electron chi connectivity index (χ4n) is 3.13. The molecule has 2 aromatic carbocycles. The Hall–Kier alpha value is -3.81. The highest BCUT2D eigenvalue weighted by Gasteiger charge is 2.09. The molecule has 0 saturated carbocycles. The van der Waals surface area contributed by atoms with Gasteiger partial charge in [0.05, 0.1) is 23.8 Å². The van der Waals surface area contributed by atoms with E-state index in [1.807, 2.05) is 30.3 Å². The Morgan fingerprint density at radius 3 is 2.90 bits per heavy atom.